The van der Waals surface area contributed by atoms with Gasteiger partial charge in [-0.3, -0.25) is 14.2 Å². The summed E-state index contributed by atoms with van der Waals surface area (Å²) in [6, 6.07) is -0.900. The second kappa shape index (κ2) is 69.2. The molecule has 0 saturated carbocycles. The molecule has 9 nitrogen and oxygen atoms in total. The number of esters is 1. The van der Waals surface area contributed by atoms with Crippen molar-refractivity contribution in [3.63, 3.8) is 0 Å². The average molecular weight is 1290 g/mol. The number of carbonyl (C=O) groups is 2. The van der Waals surface area contributed by atoms with E-state index in [1.54, 1.807) is 0 Å². The van der Waals surface area contributed by atoms with Crippen molar-refractivity contribution in [1.29, 1.82) is 0 Å². The number of carbonyl (C=O) groups excluding carboxylic acids is 2. The molecule has 0 aliphatic rings. The van der Waals surface area contributed by atoms with Crippen LogP contribution in [-0.4, -0.2) is 69.4 Å². The van der Waals surface area contributed by atoms with Crippen LogP contribution in [0.1, 0.15) is 329 Å². The number of phosphoric ester groups is 1. The number of nitrogens with zero attached hydrogens (tertiary/aromatic N) is 1. The molecule has 0 spiro atoms. The Bertz CT molecular complexity index is 1970. The molecule has 0 saturated heterocycles. The minimum Gasteiger partial charge on any atom is -0.756 e. The van der Waals surface area contributed by atoms with Gasteiger partial charge in [0.05, 0.1) is 33.8 Å². The zero-order chi connectivity index (χ0) is 66.3. The summed E-state index contributed by atoms with van der Waals surface area (Å²) in [5.41, 5.74) is 0. The molecular formula is C81H143N2O7P. The first-order valence-electron chi connectivity index (χ1n) is 37.8. The lowest BCUT2D eigenvalue weighted by Crippen LogP contribution is -2.47. The van der Waals surface area contributed by atoms with Crippen molar-refractivity contribution in [2.75, 3.05) is 40.9 Å². The highest BCUT2D eigenvalue weighted by atomic mass is 31.2. The van der Waals surface area contributed by atoms with E-state index in [0.29, 0.717) is 17.4 Å². The van der Waals surface area contributed by atoms with Gasteiger partial charge in [-0.1, -0.05) is 316 Å². The van der Waals surface area contributed by atoms with Gasteiger partial charge < -0.3 is 28.5 Å². The van der Waals surface area contributed by atoms with Crippen LogP contribution in [0.3, 0.4) is 0 Å². The zero-order valence-electron chi connectivity index (χ0n) is 60.0. The van der Waals surface area contributed by atoms with E-state index in [0.717, 1.165) is 128 Å². The van der Waals surface area contributed by atoms with Gasteiger partial charge >= 0.3 is 5.97 Å². The summed E-state index contributed by atoms with van der Waals surface area (Å²) in [7, 11) is 1.17. The molecule has 0 heterocycles. The fourth-order valence-electron chi connectivity index (χ4n) is 10.6. The SMILES string of the molecule is CC/C=C\C/C=C\C/C=C\C/C=C\C/C=C\CCCCCCCCCCCCCC(=O)NC(COP(=O)([O-])OCC[N+](C)(C)C)C(/C=C/CCCCCCCCCCC)OC(=O)CCCCCCCCCCCCC/C=C\C/C=C\C/C=C\C/C=C\CCCCC. The van der Waals surface area contributed by atoms with E-state index in [1.807, 2.05) is 33.3 Å². The van der Waals surface area contributed by atoms with Gasteiger partial charge in [0.1, 0.15) is 19.3 Å². The van der Waals surface area contributed by atoms with Crippen LogP contribution >= 0.6 is 7.82 Å². The van der Waals surface area contributed by atoms with Gasteiger partial charge in [0.2, 0.25) is 5.91 Å². The van der Waals surface area contributed by atoms with Crippen molar-refractivity contribution in [3.8, 4) is 0 Å². The lowest BCUT2D eigenvalue weighted by Gasteiger charge is -2.30. The average Bonchev–Trinajstić information content (AvgIpc) is 3.08. The molecule has 0 aliphatic carbocycles. The quantitative estimate of drug-likeness (QED) is 0.0212. The number of quaternary nitrogens is 1. The van der Waals surface area contributed by atoms with E-state index in [-0.39, 0.29) is 24.9 Å². The van der Waals surface area contributed by atoms with Crippen LogP contribution in [0.25, 0.3) is 0 Å². The normalized spacial score (nSPS) is 14.1. The summed E-state index contributed by atoms with van der Waals surface area (Å²) in [5, 5.41) is 3.04. The van der Waals surface area contributed by atoms with Crippen molar-refractivity contribution in [2.24, 2.45) is 0 Å². The molecule has 0 radical (unpaired) electrons. The van der Waals surface area contributed by atoms with Crippen molar-refractivity contribution in [1.82, 2.24) is 5.32 Å². The molecule has 0 aromatic carbocycles. The maximum atomic E-state index is 13.6. The van der Waals surface area contributed by atoms with E-state index >= 15 is 0 Å². The number of unbranched alkanes of at least 4 members (excludes halogenated alkanes) is 34. The van der Waals surface area contributed by atoms with E-state index < -0.39 is 26.6 Å². The third kappa shape index (κ3) is 70.6. The highest BCUT2D eigenvalue weighted by Crippen LogP contribution is 2.38. The van der Waals surface area contributed by atoms with Gasteiger partial charge in [-0.2, -0.15) is 0 Å². The summed E-state index contributed by atoms with van der Waals surface area (Å²) >= 11 is 0. The lowest BCUT2D eigenvalue weighted by atomic mass is 10.0. The molecule has 0 bridgehead atoms. The first-order chi connectivity index (χ1) is 44.4. The van der Waals surface area contributed by atoms with Gasteiger partial charge in [0.25, 0.3) is 7.82 Å². The fourth-order valence-corrected chi connectivity index (χ4v) is 11.3. The fraction of sp³-hybridized carbons (Fsp3) is 0.728. The molecule has 524 valence electrons. The van der Waals surface area contributed by atoms with Gasteiger partial charge in [-0.25, -0.2) is 0 Å². The van der Waals surface area contributed by atoms with Crippen LogP contribution < -0.4 is 10.2 Å². The first-order valence-corrected chi connectivity index (χ1v) is 39.3. The smallest absolute Gasteiger partial charge is 0.306 e. The number of allylic oxidation sites excluding steroid dienone is 19. The zero-order valence-corrected chi connectivity index (χ0v) is 60.9. The standard InChI is InChI=1S/C81H143N2O7P/c1-7-10-13-16-19-22-25-27-29-31-33-35-37-39-41-43-45-47-49-51-53-55-58-61-64-67-70-73-80(84)82-78(77-89-91(86,87)88-76-75-83(4,5)6)79(72-69-66-63-60-57-24-21-18-15-12-9-3)90-81(85)74-71-68-65-62-59-56-54-52-50-48-46-44-42-40-38-36-34-32-30-28-26-23-20-17-14-11-8-2/h10,13,19-20,22-23,27-30,33-36,39-42,69,72,78-79H,7-9,11-12,14-18,21,24-26,31-32,37-38,43-68,70-71,73-77H2,1-6H3,(H-,82,84,86,87)/b13-10-,22-19-,23-20-,29-27-,30-28-,35-33-,36-34-,41-39-,42-40-,72-69+. The summed E-state index contributed by atoms with van der Waals surface area (Å²) in [6.45, 7) is 6.71. The molecule has 10 heteroatoms. The number of hydrogen-bond donors (Lipinski definition) is 1. The van der Waals surface area contributed by atoms with E-state index in [4.69, 9.17) is 13.8 Å². The molecule has 3 atom stereocenters. The van der Waals surface area contributed by atoms with Gasteiger partial charge in [-0.15, -0.1) is 0 Å². The molecule has 3 unspecified atom stereocenters. The maximum Gasteiger partial charge on any atom is 0.306 e. The van der Waals surface area contributed by atoms with Crippen molar-refractivity contribution in [2.45, 2.75) is 341 Å². The highest BCUT2D eigenvalue weighted by Gasteiger charge is 2.27. The molecule has 0 rings (SSSR count). The van der Waals surface area contributed by atoms with Crippen molar-refractivity contribution in [3.05, 3.63) is 122 Å². The van der Waals surface area contributed by atoms with E-state index in [2.05, 4.69) is 135 Å². The Hall–Kier alpha value is -3.59. The summed E-state index contributed by atoms with van der Waals surface area (Å²) in [4.78, 5) is 40.3. The minimum absolute atomic E-state index is 0.0282. The number of amides is 1. The molecule has 0 aromatic heterocycles. The second-order valence-electron chi connectivity index (χ2n) is 26.4. The van der Waals surface area contributed by atoms with Crippen molar-refractivity contribution >= 4 is 19.7 Å². The molecule has 0 fully saturated rings. The van der Waals surface area contributed by atoms with Gasteiger partial charge in [-0.05, 0) is 122 Å². The summed E-state index contributed by atoms with van der Waals surface area (Å²) in [6.07, 6.45) is 97.6. The van der Waals surface area contributed by atoms with Gasteiger partial charge in [0.15, 0.2) is 0 Å². The Kier molecular flexibility index (Phi) is 66.5. The van der Waals surface area contributed by atoms with Crippen LogP contribution in [0.5, 0.6) is 0 Å². The summed E-state index contributed by atoms with van der Waals surface area (Å²) in [5.74, 6) is -0.547. The third-order valence-corrected chi connectivity index (χ3v) is 17.3. The topological polar surface area (TPSA) is 114 Å². The van der Waals surface area contributed by atoms with Crippen molar-refractivity contribution < 1.29 is 37.3 Å². The van der Waals surface area contributed by atoms with E-state index in [1.165, 1.54) is 167 Å². The minimum atomic E-state index is -4.71. The van der Waals surface area contributed by atoms with Gasteiger partial charge in [0, 0.05) is 12.8 Å². The molecule has 0 aromatic rings. The largest absolute Gasteiger partial charge is 0.756 e. The second-order valence-corrected chi connectivity index (χ2v) is 27.8. The van der Waals surface area contributed by atoms with Crippen LogP contribution in [0, 0.1) is 0 Å². The van der Waals surface area contributed by atoms with E-state index in [9.17, 15) is 19.0 Å². The summed E-state index contributed by atoms with van der Waals surface area (Å²) < 4.78 is 30.5. The number of nitrogens with one attached hydrogen (secondary N) is 1. The number of phosphoric acid groups is 1. The number of likely N-dealkylation sites (N-methyl/N-ethyl adjacent to an activating group) is 1. The maximum absolute atomic E-state index is 13.6. The molecule has 1 N–H and O–H groups in total. The monoisotopic (exact) mass is 1290 g/mol. The third-order valence-electron chi connectivity index (χ3n) is 16.4. The predicted octanol–water partition coefficient (Wildman–Crippen LogP) is 23.9. The first kappa shape index (κ1) is 87.4. The van der Waals surface area contributed by atoms with Crippen LogP contribution in [-0.2, 0) is 27.9 Å². The lowest BCUT2D eigenvalue weighted by molar-refractivity contribution is -0.870. The highest BCUT2D eigenvalue weighted by molar-refractivity contribution is 7.45. The van der Waals surface area contributed by atoms with Crippen LogP contribution in [0.4, 0.5) is 0 Å². The Labute approximate surface area is 563 Å². The Morgan fingerprint density at radius 1 is 0.396 bits per heavy atom. The Balaban J connectivity index is 4.96. The Morgan fingerprint density at radius 3 is 1.08 bits per heavy atom. The molecular weight excluding hydrogens is 1140 g/mol. The van der Waals surface area contributed by atoms with Crippen LogP contribution in [0.2, 0.25) is 0 Å². The predicted molar refractivity (Wildman–Crippen MR) is 394 cm³/mol. The molecule has 0 aliphatic heterocycles. The molecule has 1 amide bonds. The molecule has 91 heavy (non-hydrogen) atoms. The Morgan fingerprint density at radius 2 is 0.703 bits per heavy atom. The van der Waals surface area contributed by atoms with Crippen LogP contribution in [0.15, 0.2) is 122 Å². The number of ether oxygens (including phenoxy) is 1. The number of hydrogen-bond acceptors (Lipinski definition) is 7. The number of rotatable bonds is 68.